The fourth-order valence-corrected chi connectivity index (χ4v) is 2.85. The van der Waals surface area contributed by atoms with Gasteiger partial charge in [0.05, 0.1) is 18.6 Å². The molecule has 5 heteroatoms. The molecule has 124 valence electrons. The van der Waals surface area contributed by atoms with Gasteiger partial charge < -0.3 is 15.0 Å². The van der Waals surface area contributed by atoms with E-state index in [1.54, 1.807) is 7.11 Å². The van der Waals surface area contributed by atoms with Crippen LogP contribution >= 0.6 is 12.4 Å². The number of methoxy groups -OCH3 is 1. The van der Waals surface area contributed by atoms with Crippen molar-refractivity contribution in [1.29, 1.82) is 0 Å². The van der Waals surface area contributed by atoms with E-state index in [0.29, 0.717) is 6.61 Å². The summed E-state index contributed by atoms with van der Waals surface area (Å²) >= 11 is 0. The Balaban J connectivity index is 0.00000242. The van der Waals surface area contributed by atoms with E-state index in [-0.39, 0.29) is 30.3 Å². The van der Waals surface area contributed by atoms with Crippen LogP contribution in [-0.2, 0) is 16.0 Å². The number of hydrogen-bond acceptors (Lipinski definition) is 3. The third-order valence-corrected chi connectivity index (χ3v) is 4.14. The Kier molecular flexibility index (Phi) is 7.87. The molecule has 1 fully saturated rings. The van der Waals surface area contributed by atoms with Crippen LogP contribution in [0.25, 0.3) is 0 Å². The van der Waals surface area contributed by atoms with Gasteiger partial charge in [-0.15, -0.1) is 12.4 Å². The molecule has 0 spiro atoms. The Labute approximate surface area is 139 Å². The lowest BCUT2D eigenvalue weighted by Gasteiger charge is -2.38. The summed E-state index contributed by atoms with van der Waals surface area (Å²) in [6, 6.07) is 8.74. The van der Waals surface area contributed by atoms with E-state index < -0.39 is 0 Å². The van der Waals surface area contributed by atoms with Gasteiger partial charge in [-0.1, -0.05) is 38.1 Å². The van der Waals surface area contributed by atoms with Crippen LogP contribution in [0, 0.1) is 5.92 Å². The highest BCUT2D eigenvalue weighted by atomic mass is 35.5. The minimum Gasteiger partial charge on any atom is -0.384 e. The van der Waals surface area contributed by atoms with Crippen molar-refractivity contribution < 1.29 is 9.53 Å². The van der Waals surface area contributed by atoms with Gasteiger partial charge in [-0.2, -0.15) is 0 Å². The molecule has 0 radical (unpaired) electrons. The molecule has 2 rings (SSSR count). The molecule has 1 aromatic carbocycles. The van der Waals surface area contributed by atoms with Crippen molar-refractivity contribution in [3.8, 4) is 0 Å². The van der Waals surface area contributed by atoms with Gasteiger partial charge in [-0.25, -0.2) is 0 Å². The summed E-state index contributed by atoms with van der Waals surface area (Å²) < 4.78 is 5.12. The van der Waals surface area contributed by atoms with Crippen molar-refractivity contribution in [3.05, 3.63) is 35.4 Å². The Morgan fingerprint density at radius 3 is 2.68 bits per heavy atom. The summed E-state index contributed by atoms with van der Waals surface area (Å²) in [7, 11) is 1.64. The maximum Gasteiger partial charge on any atom is 0.228 e. The molecule has 0 aliphatic carbocycles. The summed E-state index contributed by atoms with van der Waals surface area (Å²) in [5.41, 5.74) is 2.53. The van der Waals surface area contributed by atoms with Crippen molar-refractivity contribution >= 4 is 18.3 Å². The van der Waals surface area contributed by atoms with Crippen LogP contribution < -0.4 is 5.32 Å². The van der Waals surface area contributed by atoms with Gasteiger partial charge in [-0.05, 0) is 17.5 Å². The number of hydrogen-bond donors (Lipinski definition) is 1. The van der Waals surface area contributed by atoms with Gasteiger partial charge in [0.25, 0.3) is 0 Å². The molecule has 0 bridgehead atoms. The summed E-state index contributed by atoms with van der Waals surface area (Å²) in [4.78, 5) is 14.6. The third kappa shape index (κ3) is 4.45. The zero-order chi connectivity index (χ0) is 15.2. The predicted molar refractivity (Wildman–Crippen MR) is 91.4 cm³/mol. The van der Waals surface area contributed by atoms with E-state index in [2.05, 4.69) is 36.5 Å². The smallest absolute Gasteiger partial charge is 0.228 e. The molecular formula is C17H27ClN2O2. The fourth-order valence-electron chi connectivity index (χ4n) is 2.85. The molecule has 1 aliphatic heterocycles. The molecule has 1 amide bonds. The Hall–Kier alpha value is -1.10. The van der Waals surface area contributed by atoms with Gasteiger partial charge >= 0.3 is 0 Å². The predicted octanol–water partition coefficient (Wildman–Crippen LogP) is 2.43. The second kappa shape index (κ2) is 9.13. The standard InChI is InChI=1S/C17H26N2O2.ClH/c1-4-14-5-7-15(8-6-14)16-11-18-9-10-19(16)17(20)13(2)12-21-3;/h5-8,13,16,18H,4,9-12H2,1-3H3;1H. The lowest BCUT2D eigenvalue weighted by molar-refractivity contribution is -0.140. The maximum atomic E-state index is 12.6. The SMILES string of the molecule is CCc1ccc(C2CNCCN2C(=O)C(C)COC)cc1.Cl. The highest BCUT2D eigenvalue weighted by molar-refractivity contribution is 5.85. The molecule has 4 nitrogen and oxygen atoms in total. The van der Waals surface area contributed by atoms with Gasteiger partial charge in [0.15, 0.2) is 0 Å². The number of aryl methyl sites for hydroxylation is 1. The van der Waals surface area contributed by atoms with Gasteiger partial charge in [0, 0.05) is 26.7 Å². The molecule has 2 atom stereocenters. The van der Waals surface area contributed by atoms with E-state index in [0.717, 1.165) is 26.1 Å². The van der Waals surface area contributed by atoms with Crippen LogP contribution in [0.15, 0.2) is 24.3 Å². The van der Waals surface area contributed by atoms with Gasteiger partial charge in [-0.3, -0.25) is 4.79 Å². The first-order valence-corrected chi connectivity index (χ1v) is 7.76. The number of nitrogens with zero attached hydrogens (tertiary/aromatic N) is 1. The molecular weight excluding hydrogens is 300 g/mol. The van der Waals surface area contributed by atoms with E-state index >= 15 is 0 Å². The zero-order valence-electron chi connectivity index (χ0n) is 13.7. The molecule has 1 N–H and O–H groups in total. The summed E-state index contributed by atoms with van der Waals surface area (Å²) in [5.74, 6) is 0.0911. The quantitative estimate of drug-likeness (QED) is 0.903. The van der Waals surface area contributed by atoms with E-state index in [1.807, 2.05) is 11.8 Å². The first-order chi connectivity index (χ1) is 10.2. The molecule has 0 aromatic heterocycles. The number of carbonyl (C=O) groups excluding carboxylic acids is 1. The molecule has 1 heterocycles. The molecule has 0 saturated carbocycles. The van der Waals surface area contributed by atoms with Crippen LogP contribution in [0.5, 0.6) is 0 Å². The van der Waals surface area contributed by atoms with Gasteiger partial charge in [0.1, 0.15) is 0 Å². The lowest BCUT2D eigenvalue weighted by atomic mass is 9.99. The second-order valence-electron chi connectivity index (χ2n) is 5.70. The summed E-state index contributed by atoms with van der Waals surface area (Å²) in [5, 5.41) is 3.39. The highest BCUT2D eigenvalue weighted by Gasteiger charge is 2.30. The molecule has 1 saturated heterocycles. The number of rotatable bonds is 5. The highest BCUT2D eigenvalue weighted by Crippen LogP contribution is 2.24. The largest absolute Gasteiger partial charge is 0.384 e. The summed E-state index contributed by atoms with van der Waals surface area (Å²) in [6.07, 6.45) is 1.04. The van der Waals surface area contributed by atoms with Crippen molar-refractivity contribution in [3.63, 3.8) is 0 Å². The van der Waals surface area contributed by atoms with Crippen LogP contribution in [0.4, 0.5) is 0 Å². The topological polar surface area (TPSA) is 41.6 Å². The number of amides is 1. The fraction of sp³-hybridized carbons (Fsp3) is 0.588. The minimum atomic E-state index is -0.0921. The normalized spacial score (nSPS) is 19.4. The van der Waals surface area contributed by atoms with Crippen molar-refractivity contribution in [2.45, 2.75) is 26.3 Å². The number of ether oxygens (including phenoxy) is 1. The van der Waals surface area contributed by atoms with Crippen molar-refractivity contribution in [1.82, 2.24) is 10.2 Å². The number of benzene rings is 1. The maximum absolute atomic E-state index is 12.6. The second-order valence-corrected chi connectivity index (χ2v) is 5.70. The Morgan fingerprint density at radius 1 is 1.41 bits per heavy atom. The van der Waals surface area contributed by atoms with Gasteiger partial charge in [0.2, 0.25) is 5.91 Å². The first kappa shape index (κ1) is 18.9. The molecule has 2 unspecified atom stereocenters. The van der Waals surface area contributed by atoms with E-state index in [9.17, 15) is 4.79 Å². The number of carbonyl (C=O) groups is 1. The average Bonchev–Trinajstić information content (AvgIpc) is 2.54. The zero-order valence-corrected chi connectivity index (χ0v) is 14.5. The molecule has 22 heavy (non-hydrogen) atoms. The van der Waals surface area contributed by atoms with Crippen LogP contribution in [-0.4, -0.2) is 44.2 Å². The number of piperazine rings is 1. The monoisotopic (exact) mass is 326 g/mol. The lowest BCUT2D eigenvalue weighted by Crippen LogP contribution is -2.50. The first-order valence-electron chi connectivity index (χ1n) is 7.76. The van der Waals surface area contributed by atoms with E-state index in [1.165, 1.54) is 11.1 Å². The van der Waals surface area contributed by atoms with Crippen molar-refractivity contribution in [2.75, 3.05) is 33.4 Å². The number of nitrogens with one attached hydrogen (secondary N) is 1. The minimum absolute atomic E-state index is 0. The average molecular weight is 327 g/mol. The molecule has 1 aliphatic rings. The van der Waals surface area contributed by atoms with Crippen LogP contribution in [0.2, 0.25) is 0 Å². The summed E-state index contributed by atoms with van der Waals surface area (Å²) in [6.45, 7) is 6.99. The van der Waals surface area contributed by atoms with Crippen LogP contribution in [0.3, 0.4) is 0 Å². The van der Waals surface area contributed by atoms with Crippen molar-refractivity contribution in [2.24, 2.45) is 5.92 Å². The third-order valence-electron chi connectivity index (χ3n) is 4.14. The Bertz CT molecular complexity index is 464. The number of halogens is 1. The van der Waals surface area contributed by atoms with Crippen LogP contribution in [0.1, 0.15) is 31.0 Å². The Morgan fingerprint density at radius 2 is 2.09 bits per heavy atom. The molecule has 1 aromatic rings. The van der Waals surface area contributed by atoms with E-state index in [4.69, 9.17) is 4.74 Å².